The van der Waals surface area contributed by atoms with Crippen LogP contribution in [0.15, 0.2) is 34.9 Å². The van der Waals surface area contributed by atoms with E-state index in [1.54, 1.807) is 25.1 Å². The predicted octanol–water partition coefficient (Wildman–Crippen LogP) is 2.80. The molecule has 1 aromatic heterocycles. The summed E-state index contributed by atoms with van der Waals surface area (Å²) >= 11 is 0. The summed E-state index contributed by atoms with van der Waals surface area (Å²) in [6, 6.07) is 8.28. The molecule has 0 fully saturated rings. The van der Waals surface area contributed by atoms with E-state index >= 15 is 0 Å². The van der Waals surface area contributed by atoms with Crippen LogP contribution >= 0.6 is 0 Å². The molecular weight excluding hydrogens is 271 g/mol. The van der Waals surface area contributed by atoms with E-state index in [4.69, 9.17) is 4.52 Å². The van der Waals surface area contributed by atoms with E-state index in [2.05, 4.69) is 10.5 Å². The van der Waals surface area contributed by atoms with Crippen molar-refractivity contribution in [2.75, 3.05) is 6.54 Å². The van der Waals surface area contributed by atoms with Crippen molar-refractivity contribution in [1.82, 2.24) is 10.5 Å². The molecule has 0 aliphatic heterocycles. The second kappa shape index (κ2) is 7.57. The molecule has 0 radical (unpaired) electrons. The lowest BCUT2D eigenvalue weighted by atomic mass is 10.1. The Kier molecular flexibility index (Phi) is 5.49. The third kappa shape index (κ3) is 5.38. The first-order valence-electron chi connectivity index (χ1n) is 7.07. The van der Waals surface area contributed by atoms with E-state index in [-0.39, 0.29) is 18.1 Å². The van der Waals surface area contributed by atoms with Gasteiger partial charge in [0.1, 0.15) is 11.6 Å². The van der Waals surface area contributed by atoms with Gasteiger partial charge in [0.2, 0.25) is 5.91 Å². The number of benzene rings is 1. The average Bonchev–Trinajstić information content (AvgIpc) is 2.86. The summed E-state index contributed by atoms with van der Waals surface area (Å²) in [4.78, 5) is 11.7. The van der Waals surface area contributed by atoms with Crippen LogP contribution in [0.3, 0.4) is 0 Å². The molecule has 4 nitrogen and oxygen atoms in total. The number of unbranched alkanes of at least 4 members (excludes halogenated alkanes) is 1. The fourth-order valence-electron chi connectivity index (χ4n) is 2.06. The number of aromatic nitrogens is 1. The van der Waals surface area contributed by atoms with Gasteiger partial charge >= 0.3 is 0 Å². The number of hydrogen-bond acceptors (Lipinski definition) is 3. The normalized spacial score (nSPS) is 10.6. The van der Waals surface area contributed by atoms with Crippen LogP contribution in [0.1, 0.15) is 29.9 Å². The van der Waals surface area contributed by atoms with Gasteiger partial charge in [-0.15, -0.1) is 0 Å². The van der Waals surface area contributed by atoms with Gasteiger partial charge in [0.15, 0.2) is 0 Å². The topological polar surface area (TPSA) is 55.1 Å². The molecule has 1 aromatic carbocycles. The molecule has 1 N–H and O–H groups in total. The van der Waals surface area contributed by atoms with E-state index in [9.17, 15) is 9.18 Å². The number of hydrogen-bond donors (Lipinski definition) is 1. The van der Waals surface area contributed by atoms with E-state index in [1.165, 1.54) is 12.1 Å². The summed E-state index contributed by atoms with van der Waals surface area (Å²) < 4.78 is 17.6. The van der Waals surface area contributed by atoms with E-state index in [1.807, 2.05) is 0 Å². The summed E-state index contributed by atoms with van der Waals surface area (Å²) in [5, 5.41) is 6.64. The molecule has 21 heavy (non-hydrogen) atoms. The van der Waals surface area contributed by atoms with Crippen molar-refractivity contribution in [1.29, 1.82) is 0 Å². The van der Waals surface area contributed by atoms with Gasteiger partial charge in [0.05, 0.1) is 12.1 Å². The molecular formula is C16H19FN2O2. The first-order valence-corrected chi connectivity index (χ1v) is 7.07. The van der Waals surface area contributed by atoms with E-state index < -0.39 is 0 Å². The van der Waals surface area contributed by atoms with Crippen molar-refractivity contribution < 1.29 is 13.7 Å². The van der Waals surface area contributed by atoms with Crippen LogP contribution in [-0.2, 0) is 17.6 Å². The number of aryl methyl sites for hydroxylation is 2. The fourth-order valence-corrected chi connectivity index (χ4v) is 2.06. The second-order valence-electron chi connectivity index (χ2n) is 5.04. The molecule has 0 atom stereocenters. The smallest absolute Gasteiger partial charge is 0.226 e. The number of carbonyl (C=O) groups is 1. The van der Waals surface area contributed by atoms with Crippen LogP contribution in [0.2, 0.25) is 0 Å². The van der Waals surface area contributed by atoms with Crippen molar-refractivity contribution in [3.8, 4) is 0 Å². The molecule has 0 aliphatic rings. The number of amides is 1. The minimum Gasteiger partial charge on any atom is -0.361 e. The largest absolute Gasteiger partial charge is 0.361 e. The monoisotopic (exact) mass is 290 g/mol. The highest BCUT2D eigenvalue weighted by Gasteiger charge is 2.06. The summed E-state index contributed by atoms with van der Waals surface area (Å²) in [6.07, 6.45) is 2.98. The average molecular weight is 290 g/mol. The maximum atomic E-state index is 12.7. The van der Waals surface area contributed by atoms with Gasteiger partial charge in [-0.1, -0.05) is 17.3 Å². The van der Waals surface area contributed by atoms with Crippen LogP contribution in [0.5, 0.6) is 0 Å². The summed E-state index contributed by atoms with van der Waals surface area (Å²) in [5.41, 5.74) is 1.76. The fraction of sp³-hybridized carbons (Fsp3) is 0.375. The van der Waals surface area contributed by atoms with Crippen LogP contribution in [0.25, 0.3) is 0 Å². The zero-order valence-corrected chi connectivity index (χ0v) is 12.1. The lowest BCUT2D eigenvalue weighted by Crippen LogP contribution is -2.26. The third-order valence-corrected chi connectivity index (χ3v) is 3.15. The minimum atomic E-state index is -0.214. The molecule has 0 bridgehead atoms. The third-order valence-electron chi connectivity index (χ3n) is 3.15. The SMILES string of the molecule is Cc1cc(CC(=O)NCCCCc2ccc(F)cc2)no1. The summed E-state index contributed by atoms with van der Waals surface area (Å²) in [7, 11) is 0. The van der Waals surface area contributed by atoms with Gasteiger partial charge in [-0.2, -0.15) is 0 Å². The second-order valence-corrected chi connectivity index (χ2v) is 5.04. The van der Waals surface area contributed by atoms with Crippen molar-refractivity contribution in [3.05, 3.63) is 53.2 Å². The van der Waals surface area contributed by atoms with Crippen LogP contribution < -0.4 is 5.32 Å². The minimum absolute atomic E-state index is 0.0508. The Morgan fingerprint density at radius 2 is 2.05 bits per heavy atom. The molecule has 0 saturated carbocycles. The number of nitrogens with zero attached hydrogens (tertiary/aromatic N) is 1. The molecule has 0 spiro atoms. The van der Waals surface area contributed by atoms with Gasteiger partial charge < -0.3 is 9.84 Å². The number of halogens is 1. The van der Waals surface area contributed by atoms with Gasteiger partial charge in [0, 0.05) is 12.6 Å². The highest BCUT2D eigenvalue weighted by atomic mass is 19.1. The van der Waals surface area contributed by atoms with Crippen molar-refractivity contribution >= 4 is 5.91 Å². The van der Waals surface area contributed by atoms with Gasteiger partial charge in [0.25, 0.3) is 0 Å². The molecule has 1 heterocycles. The number of rotatable bonds is 7. The van der Waals surface area contributed by atoms with Gasteiger partial charge in [-0.05, 0) is 43.9 Å². The lowest BCUT2D eigenvalue weighted by Gasteiger charge is -2.04. The predicted molar refractivity (Wildman–Crippen MR) is 77.3 cm³/mol. The summed E-state index contributed by atoms with van der Waals surface area (Å²) in [6.45, 7) is 2.43. The Bertz CT molecular complexity index is 578. The Morgan fingerprint density at radius 3 is 2.71 bits per heavy atom. The first-order chi connectivity index (χ1) is 10.1. The Balaban J connectivity index is 1.59. The molecule has 2 rings (SSSR count). The molecule has 112 valence electrons. The van der Waals surface area contributed by atoms with Crippen LogP contribution in [-0.4, -0.2) is 17.6 Å². The van der Waals surface area contributed by atoms with Crippen LogP contribution in [0, 0.1) is 12.7 Å². The quantitative estimate of drug-likeness (QED) is 0.798. The Labute approximate surface area is 123 Å². The molecule has 0 saturated heterocycles. The number of carbonyl (C=O) groups excluding carboxylic acids is 1. The number of nitrogens with one attached hydrogen (secondary N) is 1. The highest BCUT2D eigenvalue weighted by molar-refractivity contribution is 5.77. The zero-order chi connectivity index (χ0) is 15.1. The maximum absolute atomic E-state index is 12.7. The van der Waals surface area contributed by atoms with Gasteiger partial charge in [-0.3, -0.25) is 4.79 Å². The maximum Gasteiger partial charge on any atom is 0.226 e. The highest BCUT2D eigenvalue weighted by Crippen LogP contribution is 2.06. The standard InChI is InChI=1S/C16H19FN2O2/c1-12-10-15(19-21-12)11-16(20)18-9-3-2-4-13-5-7-14(17)8-6-13/h5-8,10H,2-4,9,11H2,1H3,(H,18,20). The van der Waals surface area contributed by atoms with Crippen molar-refractivity contribution in [2.45, 2.75) is 32.6 Å². The molecule has 2 aromatic rings. The molecule has 0 aliphatic carbocycles. The van der Waals surface area contributed by atoms with Crippen LogP contribution in [0.4, 0.5) is 4.39 Å². The lowest BCUT2D eigenvalue weighted by molar-refractivity contribution is -0.120. The first kappa shape index (κ1) is 15.2. The van der Waals surface area contributed by atoms with Crippen molar-refractivity contribution in [2.24, 2.45) is 0 Å². The molecule has 5 heteroatoms. The zero-order valence-electron chi connectivity index (χ0n) is 12.1. The van der Waals surface area contributed by atoms with Crippen molar-refractivity contribution in [3.63, 3.8) is 0 Å². The summed E-state index contributed by atoms with van der Waals surface area (Å²) in [5.74, 6) is 0.441. The van der Waals surface area contributed by atoms with E-state index in [0.717, 1.165) is 24.8 Å². The Hall–Kier alpha value is -2.17. The van der Waals surface area contributed by atoms with Gasteiger partial charge in [-0.25, -0.2) is 4.39 Å². The molecule has 0 unspecified atom stereocenters. The van der Waals surface area contributed by atoms with E-state index in [0.29, 0.717) is 18.0 Å². The molecule has 1 amide bonds. The Morgan fingerprint density at radius 1 is 1.29 bits per heavy atom.